The number of carbonyl (C=O) groups excluding carboxylic acids is 1. The van der Waals surface area contributed by atoms with Crippen molar-refractivity contribution in [3.05, 3.63) is 24.0 Å². The van der Waals surface area contributed by atoms with E-state index in [1.807, 2.05) is 44.5 Å². The van der Waals surface area contributed by atoms with E-state index in [1.54, 1.807) is 6.07 Å². The van der Waals surface area contributed by atoms with Crippen molar-refractivity contribution in [1.29, 1.82) is 0 Å². The van der Waals surface area contributed by atoms with E-state index in [9.17, 15) is 4.79 Å². The highest BCUT2D eigenvalue weighted by molar-refractivity contribution is 5.88. The van der Waals surface area contributed by atoms with Gasteiger partial charge in [-0.3, -0.25) is 0 Å². The molecule has 1 spiro atoms. The highest BCUT2D eigenvalue weighted by atomic mass is 16.8. The van der Waals surface area contributed by atoms with E-state index in [-0.39, 0.29) is 24.3 Å². The van der Waals surface area contributed by atoms with Crippen LogP contribution in [-0.2, 0) is 35.0 Å². The molecule has 0 saturated carbocycles. The van der Waals surface area contributed by atoms with Gasteiger partial charge in [0, 0.05) is 12.6 Å². The Hall–Kier alpha value is -1.45. The van der Waals surface area contributed by atoms with Crippen LogP contribution in [0.1, 0.15) is 44.6 Å². The number of rotatable bonds is 1. The first kappa shape index (κ1) is 17.6. The molecule has 4 aliphatic heterocycles. The molecule has 0 bridgehead atoms. The summed E-state index contributed by atoms with van der Waals surface area (Å²) in [6.45, 7) is 8.34. The molecule has 4 aliphatic rings. The fourth-order valence-corrected chi connectivity index (χ4v) is 4.55. The van der Waals surface area contributed by atoms with Crippen LogP contribution in [0.15, 0.2) is 18.3 Å². The predicted octanol–water partition coefficient (Wildman–Crippen LogP) is 1.82. The van der Waals surface area contributed by atoms with Gasteiger partial charge in [0.25, 0.3) is 0 Å². The van der Waals surface area contributed by atoms with Gasteiger partial charge in [0.15, 0.2) is 11.6 Å². The van der Waals surface area contributed by atoms with E-state index in [4.69, 9.17) is 28.4 Å². The molecule has 1 aromatic rings. The molecular weight excluding hydrogens is 354 g/mol. The third kappa shape index (κ3) is 2.91. The van der Waals surface area contributed by atoms with Crippen molar-refractivity contribution >= 4 is 5.97 Å². The molecule has 0 aromatic carbocycles. The lowest BCUT2D eigenvalue weighted by molar-refractivity contribution is -0.344. The summed E-state index contributed by atoms with van der Waals surface area (Å²) in [4.78, 5) is 12.4. The van der Waals surface area contributed by atoms with Gasteiger partial charge in [-0.2, -0.15) is 0 Å². The van der Waals surface area contributed by atoms with Crippen molar-refractivity contribution < 1.29 is 33.2 Å². The Balaban J connectivity index is 1.43. The third-order valence-corrected chi connectivity index (χ3v) is 5.53. The Morgan fingerprint density at radius 1 is 1.00 bits per heavy atom. The largest absolute Gasteiger partial charge is 0.426 e. The van der Waals surface area contributed by atoms with Crippen LogP contribution in [0.2, 0.25) is 0 Å². The first-order valence-corrected chi connectivity index (χ1v) is 9.39. The average Bonchev–Trinajstić information content (AvgIpc) is 3.23. The van der Waals surface area contributed by atoms with E-state index in [0.717, 1.165) is 0 Å². The van der Waals surface area contributed by atoms with Crippen LogP contribution in [0.4, 0.5) is 0 Å². The van der Waals surface area contributed by atoms with Gasteiger partial charge in [-0.15, -0.1) is 0 Å². The lowest BCUT2D eigenvalue weighted by Gasteiger charge is -2.44. The Labute approximate surface area is 157 Å². The summed E-state index contributed by atoms with van der Waals surface area (Å²) in [5.74, 6) is -2.91. The molecule has 1 aromatic heterocycles. The van der Waals surface area contributed by atoms with Gasteiger partial charge in [-0.05, 0) is 39.8 Å². The van der Waals surface area contributed by atoms with Gasteiger partial charge in [0.05, 0.1) is 19.3 Å². The quantitative estimate of drug-likeness (QED) is 0.689. The van der Waals surface area contributed by atoms with E-state index in [1.165, 1.54) is 0 Å². The molecule has 5 rings (SSSR count). The van der Waals surface area contributed by atoms with Crippen LogP contribution >= 0.6 is 0 Å². The number of esters is 1. The molecule has 148 valence electrons. The van der Waals surface area contributed by atoms with E-state index in [0.29, 0.717) is 25.3 Å². The molecular formula is C19H25NO7. The molecule has 0 radical (unpaired) electrons. The van der Waals surface area contributed by atoms with Crippen LogP contribution in [0.5, 0.6) is 0 Å². The molecule has 3 saturated heterocycles. The molecule has 5 heterocycles. The van der Waals surface area contributed by atoms with Crippen LogP contribution in [0.3, 0.4) is 0 Å². The minimum absolute atomic E-state index is 0.268. The number of nitrogens with zero attached hydrogens (tertiary/aromatic N) is 1. The fourth-order valence-electron chi connectivity index (χ4n) is 4.55. The van der Waals surface area contributed by atoms with Crippen LogP contribution in [-0.4, -0.2) is 58.9 Å². The molecule has 0 unspecified atom stereocenters. The maximum atomic E-state index is 12.4. The van der Waals surface area contributed by atoms with Crippen molar-refractivity contribution in [3.8, 4) is 0 Å². The topological polar surface area (TPSA) is 77.4 Å². The molecule has 0 aliphatic carbocycles. The Kier molecular flexibility index (Phi) is 3.62. The maximum absolute atomic E-state index is 12.4. The van der Waals surface area contributed by atoms with Gasteiger partial charge in [-0.25, -0.2) is 4.79 Å². The predicted molar refractivity (Wildman–Crippen MR) is 90.8 cm³/mol. The minimum atomic E-state index is -1.06. The van der Waals surface area contributed by atoms with Crippen molar-refractivity contribution in [2.24, 2.45) is 0 Å². The smallest absolute Gasteiger partial charge is 0.357 e. The van der Waals surface area contributed by atoms with Gasteiger partial charge < -0.3 is 33.0 Å². The molecule has 27 heavy (non-hydrogen) atoms. The average molecular weight is 379 g/mol. The first-order chi connectivity index (χ1) is 12.7. The summed E-state index contributed by atoms with van der Waals surface area (Å²) in [5, 5.41) is 0. The monoisotopic (exact) mass is 379 g/mol. The SMILES string of the molecule is CC1(C)OC[C@@H]([C@@H]2OC(C)(C)O[C@@H]3C[C@]4(Cn5cccc5C(=O)O4)O[C@H]23)O1. The lowest BCUT2D eigenvalue weighted by atomic mass is 9.98. The van der Waals surface area contributed by atoms with Crippen molar-refractivity contribution in [1.82, 2.24) is 4.57 Å². The zero-order valence-corrected chi connectivity index (χ0v) is 16.0. The summed E-state index contributed by atoms with van der Waals surface area (Å²) in [5.41, 5.74) is 0.530. The summed E-state index contributed by atoms with van der Waals surface area (Å²) >= 11 is 0. The number of aromatic nitrogens is 1. The van der Waals surface area contributed by atoms with Gasteiger partial charge in [-0.1, -0.05) is 0 Å². The Morgan fingerprint density at radius 2 is 1.74 bits per heavy atom. The van der Waals surface area contributed by atoms with E-state index < -0.39 is 23.5 Å². The standard InChI is InChI=1S/C19H25NO7/c1-17(2)22-9-13(24-17)15-14-12(23-18(3,4)25-15)8-19(26-14)10-20-7-5-6-11(20)16(21)27-19/h5-7,12-15H,8-10H2,1-4H3/t12-,13+,14+,15+,19+/m1/s1. The summed E-state index contributed by atoms with van der Waals surface area (Å²) in [7, 11) is 0. The van der Waals surface area contributed by atoms with Crippen LogP contribution < -0.4 is 0 Å². The molecule has 0 amide bonds. The fraction of sp³-hybridized carbons (Fsp3) is 0.737. The molecule has 8 heteroatoms. The van der Waals surface area contributed by atoms with Crippen molar-refractivity contribution in [2.75, 3.05) is 6.61 Å². The zero-order valence-electron chi connectivity index (χ0n) is 16.0. The van der Waals surface area contributed by atoms with E-state index in [2.05, 4.69) is 0 Å². The minimum Gasteiger partial charge on any atom is -0.426 e. The second kappa shape index (κ2) is 5.55. The zero-order chi connectivity index (χ0) is 19.0. The molecule has 5 atom stereocenters. The number of ether oxygens (including phenoxy) is 6. The molecule has 8 nitrogen and oxygen atoms in total. The first-order valence-electron chi connectivity index (χ1n) is 9.39. The lowest BCUT2D eigenvalue weighted by Crippen LogP contribution is -2.57. The summed E-state index contributed by atoms with van der Waals surface area (Å²) in [6.07, 6.45) is 0.956. The Morgan fingerprint density at radius 3 is 2.48 bits per heavy atom. The summed E-state index contributed by atoms with van der Waals surface area (Å²) < 4.78 is 38.0. The number of hydrogen-bond acceptors (Lipinski definition) is 7. The number of carbonyl (C=O) groups is 1. The number of hydrogen-bond donors (Lipinski definition) is 0. The molecule has 0 N–H and O–H groups in total. The van der Waals surface area contributed by atoms with Crippen molar-refractivity contribution in [3.63, 3.8) is 0 Å². The second-order valence-electron chi connectivity index (χ2n) is 8.61. The third-order valence-electron chi connectivity index (χ3n) is 5.53. The number of fused-ring (bicyclic) bond motifs is 2. The highest BCUT2D eigenvalue weighted by Gasteiger charge is 2.61. The van der Waals surface area contributed by atoms with Crippen LogP contribution in [0.25, 0.3) is 0 Å². The second-order valence-corrected chi connectivity index (χ2v) is 8.61. The van der Waals surface area contributed by atoms with E-state index >= 15 is 0 Å². The van der Waals surface area contributed by atoms with Gasteiger partial charge >= 0.3 is 5.97 Å². The highest BCUT2D eigenvalue weighted by Crippen LogP contribution is 2.46. The van der Waals surface area contributed by atoms with Crippen molar-refractivity contribution in [2.45, 2.75) is 82.4 Å². The van der Waals surface area contributed by atoms with Crippen LogP contribution in [0, 0.1) is 0 Å². The summed E-state index contributed by atoms with van der Waals surface area (Å²) in [6, 6.07) is 3.57. The van der Waals surface area contributed by atoms with Gasteiger partial charge in [0.1, 0.15) is 24.0 Å². The molecule has 3 fully saturated rings. The maximum Gasteiger partial charge on any atom is 0.357 e. The Bertz CT molecular complexity index is 772. The normalized spacial score (nSPS) is 42.0. The van der Waals surface area contributed by atoms with Gasteiger partial charge in [0.2, 0.25) is 5.79 Å².